The average Bonchev–Trinajstić information content (AvgIpc) is 3.11. The van der Waals surface area contributed by atoms with Crippen LogP contribution < -0.4 is 5.32 Å². The standard InChI is InChI=1S/C25H27N3O2/c1-16-9-8-10-18(15-16)23-22(24(29)30-19-11-4-3-5-12-19)17(2)26-25-27-20-13-6-7-14-21(20)28(23)25/h6-10,13-15,19,23H,3-5,11-12H2,1-2H3,(H,26,27). The number of carbonyl (C=O) groups excluding carboxylic acids is 1. The lowest BCUT2D eigenvalue weighted by Crippen LogP contribution is -2.31. The van der Waals surface area contributed by atoms with Gasteiger partial charge in [0.1, 0.15) is 6.10 Å². The quantitative estimate of drug-likeness (QED) is 0.588. The average molecular weight is 402 g/mol. The van der Waals surface area contributed by atoms with E-state index in [1.165, 1.54) is 6.42 Å². The molecule has 3 aromatic rings. The van der Waals surface area contributed by atoms with E-state index in [0.29, 0.717) is 5.57 Å². The molecule has 2 heterocycles. The fourth-order valence-electron chi connectivity index (χ4n) is 4.78. The molecule has 0 bridgehead atoms. The van der Waals surface area contributed by atoms with Crippen LogP contribution in [0.4, 0.5) is 5.95 Å². The minimum Gasteiger partial charge on any atom is -0.459 e. The van der Waals surface area contributed by atoms with Crippen LogP contribution in [0.5, 0.6) is 0 Å². The normalized spacial score (nSPS) is 19.5. The predicted octanol–water partition coefficient (Wildman–Crippen LogP) is 5.51. The number of ether oxygens (including phenoxy) is 1. The summed E-state index contributed by atoms with van der Waals surface area (Å²) < 4.78 is 8.15. The van der Waals surface area contributed by atoms with Crippen molar-refractivity contribution in [1.82, 2.24) is 9.55 Å². The Bertz CT molecular complexity index is 1140. The Hall–Kier alpha value is -3.08. The van der Waals surface area contributed by atoms with Gasteiger partial charge in [0.15, 0.2) is 0 Å². The van der Waals surface area contributed by atoms with Crippen molar-refractivity contribution in [2.45, 2.75) is 58.1 Å². The van der Waals surface area contributed by atoms with Crippen molar-refractivity contribution in [3.05, 3.63) is 70.9 Å². The zero-order valence-corrected chi connectivity index (χ0v) is 17.5. The number of aryl methyl sites for hydroxylation is 1. The van der Waals surface area contributed by atoms with Crippen LogP contribution in [-0.2, 0) is 9.53 Å². The molecule has 5 rings (SSSR count). The monoisotopic (exact) mass is 401 g/mol. The molecule has 1 aliphatic carbocycles. The Balaban J connectivity index is 1.63. The Kier molecular flexibility index (Phi) is 4.81. The molecule has 1 unspecified atom stereocenters. The fraction of sp³-hybridized carbons (Fsp3) is 0.360. The number of esters is 1. The zero-order valence-electron chi connectivity index (χ0n) is 17.5. The number of rotatable bonds is 3. The second kappa shape index (κ2) is 7.63. The summed E-state index contributed by atoms with van der Waals surface area (Å²) in [5.74, 6) is 0.538. The third-order valence-corrected chi connectivity index (χ3v) is 6.23. The number of carbonyl (C=O) groups is 1. The molecule has 0 radical (unpaired) electrons. The number of hydrogen-bond acceptors (Lipinski definition) is 4. The Labute approximate surface area is 176 Å². The molecule has 30 heavy (non-hydrogen) atoms. The smallest absolute Gasteiger partial charge is 0.338 e. The van der Waals surface area contributed by atoms with Crippen LogP contribution in [0.25, 0.3) is 11.0 Å². The van der Waals surface area contributed by atoms with Crippen molar-refractivity contribution in [3.63, 3.8) is 0 Å². The summed E-state index contributed by atoms with van der Waals surface area (Å²) in [6.07, 6.45) is 5.43. The lowest BCUT2D eigenvalue weighted by Gasteiger charge is -2.31. The number of nitrogens with one attached hydrogen (secondary N) is 1. The van der Waals surface area contributed by atoms with Crippen molar-refractivity contribution < 1.29 is 9.53 Å². The lowest BCUT2D eigenvalue weighted by atomic mass is 9.93. The molecule has 5 nitrogen and oxygen atoms in total. The van der Waals surface area contributed by atoms with Gasteiger partial charge in [-0.1, -0.05) is 48.4 Å². The van der Waals surface area contributed by atoms with E-state index in [-0.39, 0.29) is 18.1 Å². The van der Waals surface area contributed by atoms with Crippen LogP contribution in [0, 0.1) is 6.92 Å². The van der Waals surface area contributed by atoms with Gasteiger partial charge in [-0.15, -0.1) is 0 Å². The molecule has 0 saturated heterocycles. The highest BCUT2D eigenvalue weighted by Gasteiger charge is 2.36. The van der Waals surface area contributed by atoms with Gasteiger partial charge < -0.3 is 10.1 Å². The summed E-state index contributed by atoms with van der Waals surface area (Å²) in [6.45, 7) is 4.03. The van der Waals surface area contributed by atoms with Crippen molar-refractivity contribution >= 4 is 23.0 Å². The maximum Gasteiger partial charge on any atom is 0.338 e. The molecule has 1 fully saturated rings. The first-order valence-corrected chi connectivity index (χ1v) is 10.8. The molecule has 0 amide bonds. The number of para-hydroxylation sites is 2. The van der Waals surface area contributed by atoms with Gasteiger partial charge in [0, 0.05) is 5.70 Å². The fourth-order valence-corrected chi connectivity index (χ4v) is 4.78. The lowest BCUT2D eigenvalue weighted by molar-refractivity contribution is -0.146. The van der Waals surface area contributed by atoms with Gasteiger partial charge in [0.05, 0.1) is 22.6 Å². The van der Waals surface area contributed by atoms with Crippen molar-refractivity contribution in [1.29, 1.82) is 0 Å². The van der Waals surface area contributed by atoms with E-state index in [0.717, 1.165) is 59.5 Å². The molecule has 2 aliphatic rings. The number of benzene rings is 2. The maximum absolute atomic E-state index is 13.5. The topological polar surface area (TPSA) is 56.2 Å². The third-order valence-electron chi connectivity index (χ3n) is 6.23. The zero-order chi connectivity index (χ0) is 20.7. The van der Waals surface area contributed by atoms with Gasteiger partial charge in [-0.2, -0.15) is 0 Å². The van der Waals surface area contributed by atoms with E-state index in [1.54, 1.807) is 0 Å². The van der Waals surface area contributed by atoms with Crippen molar-refractivity contribution in [2.24, 2.45) is 0 Å². The first-order chi connectivity index (χ1) is 14.6. The summed E-state index contributed by atoms with van der Waals surface area (Å²) >= 11 is 0. The predicted molar refractivity (Wildman–Crippen MR) is 118 cm³/mol. The van der Waals surface area contributed by atoms with Gasteiger partial charge in [0.25, 0.3) is 0 Å². The molecule has 1 atom stereocenters. The van der Waals surface area contributed by atoms with Gasteiger partial charge >= 0.3 is 5.97 Å². The van der Waals surface area contributed by atoms with E-state index in [9.17, 15) is 4.79 Å². The Morgan fingerprint density at radius 1 is 1.07 bits per heavy atom. The number of fused-ring (bicyclic) bond motifs is 3. The van der Waals surface area contributed by atoms with Gasteiger partial charge in [-0.25, -0.2) is 9.78 Å². The minimum absolute atomic E-state index is 0.0191. The molecule has 5 heteroatoms. The van der Waals surface area contributed by atoms with E-state index < -0.39 is 0 Å². The van der Waals surface area contributed by atoms with Gasteiger partial charge in [0.2, 0.25) is 5.95 Å². The highest BCUT2D eigenvalue weighted by molar-refractivity contribution is 5.94. The van der Waals surface area contributed by atoms with Crippen molar-refractivity contribution in [3.8, 4) is 0 Å². The minimum atomic E-state index is -0.273. The molecule has 1 N–H and O–H groups in total. The second-order valence-corrected chi connectivity index (χ2v) is 8.44. The highest BCUT2D eigenvalue weighted by atomic mass is 16.5. The number of hydrogen-bond donors (Lipinski definition) is 1. The third kappa shape index (κ3) is 3.28. The summed E-state index contributed by atoms with van der Waals surface area (Å²) in [7, 11) is 0. The van der Waals surface area contributed by atoms with Crippen LogP contribution in [0.2, 0.25) is 0 Å². The number of nitrogens with zero attached hydrogens (tertiary/aromatic N) is 2. The van der Waals surface area contributed by atoms with Crippen molar-refractivity contribution in [2.75, 3.05) is 5.32 Å². The largest absolute Gasteiger partial charge is 0.459 e. The summed E-state index contributed by atoms with van der Waals surface area (Å²) in [6, 6.07) is 16.1. The number of anilines is 1. The van der Waals surface area contributed by atoms with Crippen LogP contribution in [0.15, 0.2) is 59.8 Å². The van der Waals surface area contributed by atoms with E-state index in [1.807, 2.05) is 31.2 Å². The molecular weight excluding hydrogens is 374 g/mol. The number of allylic oxidation sites excluding steroid dienone is 1. The van der Waals surface area contributed by atoms with Crippen LogP contribution in [0.3, 0.4) is 0 Å². The molecule has 0 spiro atoms. The highest BCUT2D eigenvalue weighted by Crippen LogP contribution is 2.40. The van der Waals surface area contributed by atoms with E-state index >= 15 is 0 Å². The maximum atomic E-state index is 13.5. The molecule has 1 aromatic heterocycles. The van der Waals surface area contributed by atoms with Crippen LogP contribution in [0.1, 0.15) is 56.2 Å². The van der Waals surface area contributed by atoms with Gasteiger partial charge in [-0.05, 0) is 57.2 Å². The molecule has 2 aromatic carbocycles. The first-order valence-electron chi connectivity index (χ1n) is 10.8. The van der Waals surface area contributed by atoms with E-state index in [2.05, 4.69) is 41.1 Å². The molecule has 1 saturated carbocycles. The first kappa shape index (κ1) is 18.9. The number of aromatic nitrogens is 2. The Morgan fingerprint density at radius 3 is 2.67 bits per heavy atom. The van der Waals surface area contributed by atoms with Crippen LogP contribution in [-0.4, -0.2) is 21.6 Å². The molecule has 154 valence electrons. The SMILES string of the molecule is CC1=C(C(=O)OC2CCCCC2)C(c2cccc(C)c2)n2c(nc3ccccc32)N1. The second-order valence-electron chi connectivity index (χ2n) is 8.44. The summed E-state index contributed by atoms with van der Waals surface area (Å²) in [5.41, 5.74) is 5.62. The molecular formula is C25H27N3O2. The van der Waals surface area contributed by atoms with Crippen LogP contribution >= 0.6 is 0 Å². The van der Waals surface area contributed by atoms with Gasteiger partial charge in [-0.3, -0.25) is 4.57 Å². The number of imidazole rings is 1. The summed E-state index contributed by atoms with van der Waals surface area (Å²) in [5, 5.41) is 3.36. The summed E-state index contributed by atoms with van der Waals surface area (Å²) in [4.78, 5) is 18.2. The molecule has 1 aliphatic heterocycles. The van der Waals surface area contributed by atoms with E-state index in [4.69, 9.17) is 9.72 Å². The Morgan fingerprint density at radius 2 is 1.87 bits per heavy atom.